The second-order valence-electron chi connectivity index (χ2n) is 2.07. The summed E-state index contributed by atoms with van der Waals surface area (Å²) < 4.78 is 0. The predicted octanol–water partition coefficient (Wildman–Crippen LogP) is -2.51. The first-order valence-corrected chi connectivity index (χ1v) is 3.16. The van der Waals surface area contributed by atoms with E-state index in [9.17, 15) is 14.4 Å². The normalized spacial score (nSPS) is 8.45. The largest absolute Gasteiger partial charge is 1.00 e. The molecule has 0 amide bonds. The van der Waals surface area contributed by atoms with Crippen molar-refractivity contribution in [3.8, 4) is 0 Å². The van der Waals surface area contributed by atoms with Gasteiger partial charge in [0.05, 0.1) is 0 Å². The van der Waals surface area contributed by atoms with Crippen LogP contribution in [-0.2, 0) is 14.4 Å². The minimum absolute atomic E-state index is 0. The van der Waals surface area contributed by atoms with Gasteiger partial charge in [0.15, 0.2) is 0 Å². The summed E-state index contributed by atoms with van der Waals surface area (Å²) in [6.45, 7) is 0. The first-order valence-electron chi connectivity index (χ1n) is 3.16. The molecule has 0 aliphatic rings. The average molecular weight is 182 g/mol. The van der Waals surface area contributed by atoms with Gasteiger partial charge < -0.3 is 15.8 Å². The van der Waals surface area contributed by atoms with Crippen molar-refractivity contribution in [1.82, 2.24) is 0 Å². The fourth-order valence-electron chi connectivity index (χ4n) is 0.697. The van der Waals surface area contributed by atoms with Gasteiger partial charge in [-0.3, -0.25) is 0 Å². The van der Waals surface area contributed by atoms with Crippen LogP contribution in [0.1, 0.15) is 20.7 Å². The molecule has 0 unspecified atom stereocenters. The molecule has 0 aromatic heterocycles. The van der Waals surface area contributed by atoms with Crippen molar-refractivity contribution in [2.75, 3.05) is 0 Å². The molecule has 3 nitrogen and oxygen atoms in total. The third-order valence-electron chi connectivity index (χ3n) is 1.29. The van der Waals surface area contributed by atoms with E-state index in [1.165, 1.54) is 0 Å². The van der Waals surface area contributed by atoms with E-state index in [1.54, 1.807) is 0 Å². The molecule has 0 bridgehead atoms. The van der Waals surface area contributed by atoms with Gasteiger partial charge in [0.1, 0.15) is 18.9 Å². The van der Waals surface area contributed by atoms with E-state index in [2.05, 4.69) is 0 Å². The summed E-state index contributed by atoms with van der Waals surface area (Å²) >= 11 is 0. The summed E-state index contributed by atoms with van der Waals surface area (Å²) in [5.41, 5.74) is 0. The molecule has 0 aromatic carbocycles. The monoisotopic (exact) mass is 182 g/mol. The Labute approximate surface area is 110 Å². The van der Waals surface area contributed by atoms with Gasteiger partial charge in [0, 0.05) is 19.3 Å². The first kappa shape index (κ1) is 14.2. The molecule has 58 valence electrons. The maximum absolute atomic E-state index is 9.93. The van der Waals surface area contributed by atoms with Gasteiger partial charge in [-0.1, -0.05) is 0 Å². The van der Waals surface area contributed by atoms with Crippen LogP contribution in [0.3, 0.4) is 0 Å². The Kier molecular flexibility index (Phi) is 13.7. The zero-order valence-corrected chi connectivity index (χ0v) is 9.78. The maximum Gasteiger partial charge on any atom is 1.00 e. The number of aldehydes is 3. The molecule has 0 heterocycles. The van der Waals surface area contributed by atoms with Crippen molar-refractivity contribution in [1.29, 1.82) is 0 Å². The van der Waals surface area contributed by atoms with E-state index < -0.39 is 0 Å². The van der Waals surface area contributed by atoms with Crippen LogP contribution < -0.4 is 51.4 Å². The quantitative estimate of drug-likeness (QED) is 0.337. The number of hydrogen-bond acceptors (Lipinski definition) is 3. The van der Waals surface area contributed by atoms with Gasteiger partial charge in [-0.05, 0) is 5.92 Å². The molecule has 0 aliphatic carbocycles. The van der Waals surface area contributed by atoms with Crippen LogP contribution in [0.25, 0.3) is 0 Å². The Hall–Kier alpha value is 0.646. The fourth-order valence-corrected chi connectivity index (χ4v) is 0.697. The molecule has 0 atom stereocenters. The Balaban J connectivity index is -0.000000405. The molecule has 0 aromatic rings. The summed E-state index contributed by atoms with van der Waals surface area (Å²) in [5, 5.41) is 0. The van der Waals surface area contributed by atoms with Gasteiger partial charge in [0.2, 0.25) is 0 Å². The van der Waals surface area contributed by atoms with Crippen LogP contribution in [-0.4, -0.2) is 18.9 Å². The zero-order valence-electron chi connectivity index (χ0n) is 7.66. The van der Waals surface area contributed by atoms with Crippen LogP contribution in [0.2, 0.25) is 0 Å². The van der Waals surface area contributed by atoms with E-state index >= 15 is 0 Å². The standard InChI is InChI=1S/C7H10O3.K.H/c8-4-1-7(2-5-9)3-6-10;;/h4-7H,1-3H2;;/q;+1;-1. The third kappa shape index (κ3) is 8.55. The van der Waals surface area contributed by atoms with Crippen LogP contribution in [0.4, 0.5) is 0 Å². The average Bonchev–Trinajstić information content (AvgIpc) is 1.90. The molecule has 0 radical (unpaired) electrons. The molecule has 0 N–H and O–H groups in total. The van der Waals surface area contributed by atoms with Crippen molar-refractivity contribution in [2.24, 2.45) is 5.92 Å². The van der Waals surface area contributed by atoms with E-state index in [4.69, 9.17) is 0 Å². The van der Waals surface area contributed by atoms with Gasteiger partial charge in [-0.2, -0.15) is 0 Å². The smallest absolute Gasteiger partial charge is 1.00 e. The molecule has 4 heteroatoms. The number of carbonyl (C=O) groups is 3. The van der Waals surface area contributed by atoms with E-state index in [0.717, 1.165) is 18.9 Å². The second-order valence-corrected chi connectivity index (χ2v) is 2.07. The maximum atomic E-state index is 9.93. The van der Waals surface area contributed by atoms with Crippen LogP contribution >= 0.6 is 0 Å². The van der Waals surface area contributed by atoms with Crippen LogP contribution in [0.15, 0.2) is 0 Å². The minimum atomic E-state index is -0.0764. The summed E-state index contributed by atoms with van der Waals surface area (Å²) in [6, 6.07) is 0. The summed E-state index contributed by atoms with van der Waals surface area (Å²) in [6.07, 6.45) is 3.11. The van der Waals surface area contributed by atoms with Crippen molar-refractivity contribution < 1.29 is 67.2 Å². The third-order valence-corrected chi connectivity index (χ3v) is 1.29. The van der Waals surface area contributed by atoms with Crippen molar-refractivity contribution in [3.05, 3.63) is 0 Å². The second kappa shape index (κ2) is 10.6. The summed E-state index contributed by atoms with van der Waals surface area (Å²) in [5.74, 6) is -0.0764. The SMILES string of the molecule is O=CCC(CC=O)CC=O.[H-].[K+]. The van der Waals surface area contributed by atoms with Crippen molar-refractivity contribution in [2.45, 2.75) is 19.3 Å². The molecular weight excluding hydrogens is 171 g/mol. The fraction of sp³-hybridized carbons (Fsp3) is 0.571. The molecule has 0 saturated heterocycles. The van der Waals surface area contributed by atoms with E-state index in [1.807, 2.05) is 0 Å². The zero-order chi connectivity index (χ0) is 7.82. The van der Waals surface area contributed by atoms with E-state index in [0.29, 0.717) is 19.3 Å². The molecule has 0 rings (SSSR count). The number of hydrogen-bond donors (Lipinski definition) is 0. The van der Waals surface area contributed by atoms with Crippen LogP contribution in [0.5, 0.6) is 0 Å². The number of carbonyl (C=O) groups excluding carboxylic acids is 3. The molecule has 11 heavy (non-hydrogen) atoms. The van der Waals surface area contributed by atoms with Gasteiger partial charge in [0.25, 0.3) is 0 Å². The van der Waals surface area contributed by atoms with Gasteiger partial charge in [-0.25, -0.2) is 0 Å². The Morgan fingerprint density at radius 1 is 0.909 bits per heavy atom. The molecule has 0 saturated carbocycles. The summed E-state index contributed by atoms with van der Waals surface area (Å²) in [4.78, 5) is 29.8. The molecule has 0 aliphatic heterocycles. The molecule has 0 fully saturated rings. The Bertz CT molecular complexity index is 106. The van der Waals surface area contributed by atoms with Crippen molar-refractivity contribution in [3.63, 3.8) is 0 Å². The van der Waals surface area contributed by atoms with Gasteiger partial charge in [-0.15, -0.1) is 0 Å². The number of rotatable bonds is 6. The van der Waals surface area contributed by atoms with Crippen molar-refractivity contribution >= 4 is 18.9 Å². The minimum Gasteiger partial charge on any atom is -1.00 e. The Morgan fingerprint density at radius 2 is 1.18 bits per heavy atom. The molecular formula is C7H11KO3. The summed E-state index contributed by atoms with van der Waals surface area (Å²) in [7, 11) is 0. The molecule has 0 spiro atoms. The van der Waals surface area contributed by atoms with Gasteiger partial charge >= 0.3 is 51.4 Å². The van der Waals surface area contributed by atoms with Crippen LogP contribution in [0, 0.1) is 5.92 Å². The van der Waals surface area contributed by atoms with E-state index in [-0.39, 0.29) is 58.7 Å². The Morgan fingerprint density at radius 3 is 1.36 bits per heavy atom. The topological polar surface area (TPSA) is 51.2 Å². The first-order chi connectivity index (χ1) is 4.85. The predicted molar refractivity (Wildman–Crippen MR) is 36.6 cm³/mol.